The van der Waals surface area contributed by atoms with Crippen LogP contribution >= 0.6 is 23.1 Å². The number of thioether (sulfide) groups is 1. The van der Waals surface area contributed by atoms with Crippen LogP contribution in [0.25, 0.3) is 16.8 Å². The van der Waals surface area contributed by atoms with Gasteiger partial charge in [0, 0.05) is 21.0 Å². The largest absolute Gasteiger partial charge is 0.465 e. The predicted octanol–water partition coefficient (Wildman–Crippen LogP) is 8.88. The molecule has 1 heterocycles. The van der Waals surface area contributed by atoms with Crippen LogP contribution in [0.4, 0.5) is 10.7 Å². The number of amides is 3. The Morgan fingerprint density at radius 3 is 2.41 bits per heavy atom. The van der Waals surface area contributed by atoms with Gasteiger partial charge in [0.1, 0.15) is 10.7 Å². The Balaban J connectivity index is 1.21. The SMILES string of the molecule is CCC(Sc1cccc(NC(=O)/C(=C\c2cccc3ccccc23)NC(=O)c2ccccc2)c1)C(=O)Nc1sc2c(c1C(=O)OC)CCCCC2. The summed E-state index contributed by atoms with van der Waals surface area (Å²) in [5.74, 6) is -1.53. The van der Waals surface area contributed by atoms with Crippen molar-refractivity contribution in [3.63, 3.8) is 0 Å². The Morgan fingerprint density at radius 2 is 1.61 bits per heavy atom. The van der Waals surface area contributed by atoms with E-state index < -0.39 is 23.0 Å². The van der Waals surface area contributed by atoms with Crippen molar-refractivity contribution in [3.05, 3.63) is 130 Å². The van der Waals surface area contributed by atoms with E-state index >= 15 is 0 Å². The highest BCUT2D eigenvalue weighted by atomic mass is 32.2. The molecule has 3 amide bonds. The smallest absolute Gasteiger partial charge is 0.341 e. The predicted molar refractivity (Wildman–Crippen MR) is 206 cm³/mol. The summed E-state index contributed by atoms with van der Waals surface area (Å²) in [5.41, 5.74) is 3.27. The van der Waals surface area contributed by atoms with E-state index in [0.29, 0.717) is 28.2 Å². The van der Waals surface area contributed by atoms with Gasteiger partial charge in [-0.25, -0.2) is 4.79 Å². The molecule has 6 rings (SSSR count). The zero-order valence-electron chi connectivity index (χ0n) is 28.5. The molecule has 1 aromatic heterocycles. The summed E-state index contributed by atoms with van der Waals surface area (Å²) in [5, 5.41) is 10.8. The van der Waals surface area contributed by atoms with Gasteiger partial charge in [0.15, 0.2) is 0 Å². The molecule has 1 aliphatic rings. The highest BCUT2D eigenvalue weighted by Gasteiger charge is 2.28. The fourth-order valence-corrected chi connectivity index (χ4v) is 8.44. The summed E-state index contributed by atoms with van der Waals surface area (Å²) in [6, 6.07) is 29.7. The molecule has 0 saturated carbocycles. The van der Waals surface area contributed by atoms with Crippen molar-refractivity contribution in [2.75, 3.05) is 17.7 Å². The van der Waals surface area contributed by atoms with E-state index in [1.54, 1.807) is 42.5 Å². The fourth-order valence-electron chi connectivity index (χ4n) is 6.15. The second-order valence-corrected chi connectivity index (χ2v) is 14.6. The number of hydrogen-bond donors (Lipinski definition) is 3. The molecule has 0 saturated heterocycles. The molecule has 260 valence electrons. The Bertz CT molecular complexity index is 2100. The molecule has 1 atom stereocenters. The number of aryl methyl sites for hydroxylation is 1. The lowest BCUT2D eigenvalue weighted by Gasteiger charge is -2.16. The number of nitrogens with one attached hydrogen (secondary N) is 3. The lowest BCUT2D eigenvalue weighted by Crippen LogP contribution is -2.30. The number of thiophene rings is 1. The van der Waals surface area contributed by atoms with Crippen LogP contribution in [0, 0.1) is 0 Å². The summed E-state index contributed by atoms with van der Waals surface area (Å²) in [6.45, 7) is 1.94. The van der Waals surface area contributed by atoms with E-state index in [9.17, 15) is 19.2 Å². The first-order valence-corrected chi connectivity index (χ1v) is 18.7. The second-order valence-electron chi connectivity index (χ2n) is 12.2. The van der Waals surface area contributed by atoms with Gasteiger partial charge >= 0.3 is 5.97 Å². The average molecular weight is 718 g/mol. The standard InChI is InChI=1S/C41H39N3O5S2/c1-3-34(39(47)44-40-36(41(48)49-2)32-22-8-5-9-23-35(32)51-40)50-30-20-13-19-29(25-30)42-38(46)33(43-37(45)27-15-6-4-7-16-27)24-28-18-12-17-26-14-10-11-21-31(26)28/h4,6-7,10-21,24-25,34H,3,5,8-9,22-23H2,1-2H3,(H,42,46)(H,43,45)(H,44,47)/b33-24+. The number of esters is 1. The van der Waals surface area contributed by atoms with E-state index in [-0.39, 0.29) is 11.6 Å². The van der Waals surface area contributed by atoms with Crippen molar-refractivity contribution in [3.8, 4) is 0 Å². The number of fused-ring (bicyclic) bond motifs is 2. The molecule has 0 radical (unpaired) electrons. The first-order chi connectivity index (χ1) is 24.8. The first-order valence-electron chi connectivity index (χ1n) is 17.0. The number of benzene rings is 4. The van der Waals surface area contributed by atoms with E-state index in [1.165, 1.54) is 30.2 Å². The maximum atomic E-state index is 13.8. The molecular weight excluding hydrogens is 679 g/mol. The molecule has 4 aromatic carbocycles. The molecule has 5 aromatic rings. The van der Waals surface area contributed by atoms with E-state index in [1.807, 2.05) is 67.6 Å². The molecular formula is C41H39N3O5S2. The average Bonchev–Trinajstić information content (AvgIpc) is 3.32. The van der Waals surface area contributed by atoms with Crippen molar-refractivity contribution in [2.45, 2.75) is 55.6 Å². The Kier molecular flexibility index (Phi) is 11.7. The molecule has 0 bridgehead atoms. The highest BCUT2D eigenvalue weighted by molar-refractivity contribution is 8.00. The molecule has 8 nitrogen and oxygen atoms in total. The van der Waals surface area contributed by atoms with E-state index in [4.69, 9.17) is 4.74 Å². The van der Waals surface area contributed by atoms with E-state index in [0.717, 1.165) is 63.8 Å². The van der Waals surface area contributed by atoms with Crippen molar-refractivity contribution in [1.82, 2.24) is 5.32 Å². The maximum Gasteiger partial charge on any atom is 0.341 e. The number of methoxy groups -OCH3 is 1. The number of carbonyl (C=O) groups is 4. The lowest BCUT2D eigenvalue weighted by atomic mass is 10.0. The topological polar surface area (TPSA) is 114 Å². The zero-order chi connectivity index (χ0) is 35.7. The molecule has 3 N–H and O–H groups in total. The third kappa shape index (κ3) is 8.58. The Morgan fingerprint density at radius 1 is 0.863 bits per heavy atom. The number of ether oxygens (including phenoxy) is 1. The zero-order valence-corrected chi connectivity index (χ0v) is 30.1. The number of carbonyl (C=O) groups excluding carboxylic acids is 4. The van der Waals surface area contributed by atoms with Crippen LogP contribution in [0.5, 0.6) is 0 Å². The van der Waals surface area contributed by atoms with Crippen LogP contribution in [0.15, 0.2) is 108 Å². The molecule has 1 aliphatic carbocycles. The fraction of sp³-hybridized carbons (Fsp3) is 0.220. The summed E-state index contributed by atoms with van der Waals surface area (Å²) in [6.07, 6.45) is 7.08. The first kappa shape index (κ1) is 35.6. The Labute approximate surface area is 305 Å². The van der Waals surface area contributed by atoms with Gasteiger partial charge in [-0.2, -0.15) is 0 Å². The molecule has 1 unspecified atom stereocenters. The van der Waals surface area contributed by atoms with Crippen LogP contribution in [0.2, 0.25) is 0 Å². The highest BCUT2D eigenvalue weighted by Crippen LogP contribution is 2.39. The summed E-state index contributed by atoms with van der Waals surface area (Å²) in [4.78, 5) is 55.4. The van der Waals surface area contributed by atoms with Gasteiger partial charge in [-0.15, -0.1) is 23.1 Å². The minimum absolute atomic E-state index is 0.0832. The molecule has 0 spiro atoms. The van der Waals surface area contributed by atoms with Gasteiger partial charge in [-0.1, -0.05) is 80.1 Å². The third-order valence-corrected chi connectivity index (χ3v) is 11.3. The van der Waals surface area contributed by atoms with Crippen molar-refractivity contribution in [2.24, 2.45) is 0 Å². The van der Waals surface area contributed by atoms with Crippen molar-refractivity contribution < 1.29 is 23.9 Å². The van der Waals surface area contributed by atoms with Gasteiger partial charge < -0.3 is 20.7 Å². The normalized spacial score (nSPS) is 13.4. The summed E-state index contributed by atoms with van der Waals surface area (Å²) >= 11 is 2.85. The van der Waals surface area contributed by atoms with Crippen LogP contribution < -0.4 is 16.0 Å². The maximum absolute atomic E-state index is 13.8. The Hall–Kier alpha value is -5.19. The summed E-state index contributed by atoms with van der Waals surface area (Å²) in [7, 11) is 1.37. The van der Waals surface area contributed by atoms with Gasteiger partial charge in [-0.3, -0.25) is 14.4 Å². The van der Waals surface area contributed by atoms with Crippen LogP contribution in [0.3, 0.4) is 0 Å². The van der Waals surface area contributed by atoms with Crippen LogP contribution in [-0.4, -0.2) is 36.1 Å². The van der Waals surface area contributed by atoms with E-state index in [2.05, 4.69) is 16.0 Å². The van der Waals surface area contributed by atoms with Crippen molar-refractivity contribution >= 4 is 74.3 Å². The quantitative estimate of drug-likeness (QED) is 0.0545. The van der Waals surface area contributed by atoms with Crippen LogP contribution in [0.1, 0.15) is 69.3 Å². The summed E-state index contributed by atoms with van der Waals surface area (Å²) < 4.78 is 5.11. The number of hydrogen-bond acceptors (Lipinski definition) is 7. The van der Waals surface area contributed by atoms with Gasteiger partial charge in [0.2, 0.25) is 5.91 Å². The lowest BCUT2D eigenvalue weighted by molar-refractivity contribution is -0.116. The van der Waals surface area contributed by atoms with Gasteiger partial charge in [-0.05, 0) is 90.4 Å². The van der Waals surface area contributed by atoms with Gasteiger partial charge in [0.25, 0.3) is 11.8 Å². The van der Waals surface area contributed by atoms with Crippen molar-refractivity contribution in [1.29, 1.82) is 0 Å². The monoisotopic (exact) mass is 717 g/mol. The number of anilines is 2. The van der Waals surface area contributed by atoms with Crippen LogP contribution in [-0.2, 0) is 27.2 Å². The minimum atomic E-state index is -0.494. The minimum Gasteiger partial charge on any atom is -0.465 e. The molecule has 0 aliphatic heterocycles. The molecule has 10 heteroatoms. The van der Waals surface area contributed by atoms with Gasteiger partial charge in [0.05, 0.1) is 17.9 Å². The molecule has 51 heavy (non-hydrogen) atoms. The molecule has 0 fully saturated rings. The number of rotatable bonds is 11. The second kappa shape index (κ2) is 16.7. The third-order valence-electron chi connectivity index (χ3n) is 8.73.